The van der Waals surface area contributed by atoms with E-state index in [0.717, 1.165) is 23.3 Å². The van der Waals surface area contributed by atoms with Gasteiger partial charge in [-0.3, -0.25) is 10.2 Å². The Labute approximate surface area is 200 Å². The van der Waals surface area contributed by atoms with Gasteiger partial charge in [0.05, 0.1) is 24.6 Å². The van der Waals surface area contributed by atoms with Crippen molar-refractivity contribution < 1.29 is 19.0 Å². The Kier molecular flexibility index (Phi) is 7.05. The summed E-state index contributed by atoms with van der Waals surface area (Å²) in [6, 6.07) is 13.1. The first kappa shape index (κ1) is 22.9. The molecule has 0 radical (unpaired) electrons. The number of para-hydroxylation sites is 1. The van der Waals surface area contributed by atoms with Crippen LogP contribution in [0.1, 0.15) is 11.1 Å². The van der Waals surface area contributed by atoms with E-state index in [1.165, 1.54) is 11.8 Å². The molecule has 8 nitrogen and oxygen atoms in total. The number of hydrogen-bond donors (Lipinski definition) is 1. The van der Waals surface area contributed by atoms with E-state index >= 15 is 0 Å². The summed E-state index contributed by atoms with van der Waals surface area (Å²) in [4.78, 5) is 18.2. The van der Waals surface area contributed by atoms with Gasteiger partial charge in [-0.05, 0) is 48.6 Å². The smallest absolute Gasteiger partial charge is 0.283 e. The molecule has 1 amide bonds. The summed E-state index contributed by atoms with van der Waals surface area (Å²) in [6.07, 6.45) is 3.49. The number of thioether (sulfide) groups is 1. The molecule has 2 aromatic rings. The molecule has 0 aromatic heterocycles. The fourth-order valence-corrected chi connectivity index (χ4v) is 4.67. The molecule has 0 saturated heterocycles. The molecule has 0 spiro atoms. The number of nitrogens with one attached hydrogen (secondary N) is 1. The molecule has 4 rings (SSSR count). The van der Waals surface area contributed by atoms with Crippen LogP contribution in [0.5, 0.6) is 17.2 Å². The van der Waals surface area contributed by atoms with Crippen molar-refractivity contribution in [2.45, 2.75) is 6.92 Å². The fourth-order valence-electron chi connectivity index (χ4n) is 3.21. The number of aryl methyl sites for hydroxylation is 1. The topological polar surface area (TPSA) is 96.6 Å². The second-order valence-electron chi connectivity index (χ2n) is 6.98. The Morgan fingerprint density at radius 3 is 2.61 bits per heavy atom. The maximum atomic E-state index is 12.5. The summed E-state index contributed by atoms with van der Waals surface area (Å²) in [7, 11) is 1.55. The van der Waals surface area contributed by atoms with Crippen LogP contribution in [-0.4, -0.2) is 53.6 Å². The number of ether oxygens (including phenoxy) is 3. The number of amides is 1. The summed E-state index contributed by atoms with van der Waals surface area (Å²) in [5.41, 5.74) is 1.94. The maximum Gasteiger partial charge on any atom is 0.283 e. The van der Waals surface area contributed by atoms with Gasteiger partial charge in [0.1, 0.15) is 24.8 Å². The third-order valence-electron chi connectivity index (χ3n) is 4.87. The van der Waals surface area contributed by atoms with Gasteiger partial charge < -0.3 is 14.2 Å². The van der Waals surface area contributed by atoms with Crippen LogP contribution in [0.4, 0.5) is 0 Å². The molecule has 2 aromatic carbocycles. The number of amidine groups is 3. The largest absolute Gasteiger partial charge is 0.493 e. The normalized spacial score (nSPS) is 16.5. The van der Waals surface area contributed by atoms with Crippen molar-refractivity contribution in [2.75, 3.05) is 26.6 Å². The third-order valence-corrected chi connectivity index (χ3v) is 6.32. The van der Waals surface area contributed by atoms with E-state index in [0.29, 0.717) is 40.6 Å². The second kappa shape index (κ2) is 10.1. The molecule has 10 heteroatoms. The number of fused-ring (bicyclic) bond motifs is 1. The van der Waals surface area contributed by atoms with Gasteiger partial charge in [-0.2, -0.15) is 9.39 Å². The van der Waals surface area contributed by atoms with Crippen molar-refractivity contribution >= 4 is 51.9 Å². The van der Waals surface area contributed by atoms with Gasteiger partial charge in [-0.15, -0.1) is 0 Å². The number of aliphatic imine (C=N–C) groups is 1. The molecule has 0 bridgehead atoms. The lowest BCUT2D eigenvalue weighted by Gasteiger charge is -2.23. The Morgan fingerprint density at radius 2 is 1.88 bits per heavy atom. The van der Waals surface area contributed by atoms with Crippen molar-refractivity contribution in [3.05, 3.63) is 59.2 Å². The lowest BCUT2D eigenvalue weighted by molar-refractivity contribution is -0.114. The van der Waals surface area contributed by atoms with Gasteiger partial charge >= 0.3 is 0 Å². The van der Waals surface area contributed by atoms with E-state index in [1.54, 1.807) is 36.3 Å². The van der Waals surface area contributed by atoms with Crippen molar-refractivity contribution in [1.29, 1.82) is 5.41 Å². The van der Waals surface area contributed by atoms with Gasteiger partial charge in [0.15, 0.2) is 16.7 Å². The lowest BCUT2D eigenvalue weighted by atomic mass is 10.1. The SMILES string of the molecule is COc1cc(/C=C2/C(=N)N3C(SC)=NSC3=NC2=O)ccc1OCCOc1ccccc1C. The number of carbonyl (C=O) groups excluding carboxylic acids is 1. The van der Waals surface area contributed by atoms with Crippen molar-refractivity contribution in [3.63, 3.8) is 0 Å². The van der Waals surface area contributed by atoms with Gasteiger partial charge in [-0.25, -0.2) is 4.90 Å². The lowest BCUT2D eigenvalue weighted by Crippen LogP contribution is -2.41. The zero-order valence-corrected chi connectivity index (χ0v) is 20.0. The van der Waals surface area contributed by atoms with Crippen LogP contribution in [0, 0.1) is 12.3 Å². The summed E-state index contributed by atoms with van der Waals surface area (Å²) in [6.45, 7) is 2.72. The first-order valence-electron chi connectivity index (χ1n) is 10.0. The molecular formula is C23H22N4O4S2. The Bertz CT molecular complexity index is 1190. The van der Waals surface area contributed by atoms with E-state index in [4.69, 9.17) is 19.6 Å². The molecule has 0 atom stereocenters. The van der Waals surface area contributed by atoms with Crippen molar-refractivity contribution in [3.8, 4) is 17.2 Å². The standard InChI is InChI=1S/C23H22N4O4S2/c1-14-6-4-5-7-17(14)30-10-11-31-18-9-8-15(13-19(18)29-2)12-16-20(24)27-22(25-21(16)28)33-26-23(27)32-3/h4-9,12-13,24H,10-11H2,1-3H3/b16-12-,24-20?. The minimum Gasteiger partial charge on any atom is -0.493 e. The predicted octanol–water partition coefficient (Wildman–Crippen LogP) is 4.40. The van der Waals surface area contributed by atoms with Gasteiger partial charge in [0.25, 0.3) is 5.91 Å². The van der Waals surface area contributed by atoms with E-state index in [2.05, 4.69) is 9.39 Å². The highest BCUT2D eigenvalue weighted by Crippen LogP contribution is 2.33. The molecule has 170 valence electrons. The van der Waals surface area contributed by atoms with Gasteiger partial charge in [0.2, 0.25) is 5.17 Å². The van der Waals surface area contributed by atoms with Crippen LogP contribution in [0.3, 0.4) is 0 Å². The van der Waals surface area contributed by atoms with Crippen LogP contribution in [0.15, 0.2) is 57.4 Å². The molecule has 0 fully saturated rings. The van der Waals surface area contributed by atoms with Gasteiger partial charge in [-0.1, -0.05) is 36.0 Å². The number of carbonyl (C=O) groups is 1. The van der Waals surface area contributed by atoms with Crippen LogP contribution >= 0.6 is 23.7 Å². The van der Waals surface area contributed by atoms with E-state index < -0.39 is 5.91 Å². The Balaban J connectivity index is 1.46. The van der Waals surface area contributed by atoms with Crippen molar-refractivity contribution in [1.82, 2.24) is 4.90 Å². The van der Waals surface area contributed by atoms with Crippen LogP contribution in [0.25, 0.3) is 6.08 Å². The molecule has 2 aliphatic heterocycles. The Morgan fingerprint density at radius 1 is 1.12 bits per heavy atom. The molecule has 0 saturated carbocycles. The summed E-state index contributed by atoms with van der Waals surface area (Å²) in [5.74, 6) is 1.49. The molecule has 1 N–H and O–H groups in total. The van der Waals surface area contributed by atoms with Gasteiger partial charge in [0, 0.05) is 0 Å². The number of benzene rings is 2. The predicted molar refractivity (Wildman–Crippen MR) is 134 cm³/mol. The highest BCUT2D eigenvalue weighted by Gasteiger charge is 2.37. The first-order chi connectivity index (χ1) is 16.0. The fraction of sp³-hybridized carbons (Fsp3) is 0.217. The number of hydrogen-bond acceptors (Lipinski definition) is 8. The quantitative estimate of drug-likeness (QED) is 0.355. The highest BCUT2D eigenvalue weighted by molar-refractivity contribution is 8.18. The first-order valence-corrected chi connectivity index (χ1v) is 12.0. The molecule has 33 heavy (non-hydrogen) atoms. The minimum absolute atomic E-state index is 0.0516. The average Bonchev–Trinajstić information content (AvgIpc) is 3.24. The van der Waals surface area contributed by atoms with E-state index in [9.17, 15) is 4.79 Å². The maximum absolute atomic E-state index is 12.5. The third kappa shape index (κ3) is 4.91. The molecule has 2 aliphatic rings. The van der Waals surface area contributed by atoms with Crippen molar-refractivity contribution in [2.24, 2.45) is 9.39 Å². The molecule has 2 heterocycles. The zero-order valence-electron chi connectivity index (χ0n) is 18.3. The summed E-state index contributed by atoms with van der Waals surface area (Å²) in [5, 5.41) is 9.53. The molecule has 0 unspecified atom stereocenters. The second-order valence-corrected chi connectivity index (χ2v) is 8.49. The summed E-state index contributed by atoms with van der Waals surface area (Å²) < 4.78 is 21.3. The monoisotopic (exact) mass is 482 g/mol. The summed E-state index contributed by atoms with van der Waals surface area (Å²) >= 11 is 2.50. The molecular weight excluding hydrogens is 460 g/mol. The van der Waals surface area contributed by atoms with Crippen LogP contribution in [0.2, 0.25) is 0 Å². The van der Waals surface area contributed by atoms with E-state index in [1.807, 2.05) is 37.4 Å². The molecule has 0 aliphatic carbocycles. The van der Waals surface area contributed by atoms with E-state index in [-0.39, 0.29) is 11.4 Å². The Hall–Kier alpha value is -3.24. The average molecular weight is 483 g/mol. The van der Waals surface area contributed by atoms with Crippen LogP contribution in [-0.2, 0) is 4.79 Å². The number of rotatable bonds is 7. The number of nitrogens with zero attached hydrogens (tertiary/aromatic N) is 3. The minimum atomic E-state index is -0.469. The number of methoxy groups -OCH3 is 1. The van der Waals surface area contributed by atoms with Crippen LogP contribution < -0.4 is 14.2 Å². The highest BCUT2D eigenvalue weighted by atomic mass is 32.2. The zero-order chi connectivity index (χ0) is 23.4.